The second kappa shape index (κ2) is 16.0. The summed E-state index contributed by atoms with van der Waals surface area (Å²) in [5.41, 5.74) is 0. The molecule has 0 aliphatic heterocycles. The van der Waals surface area contributed by atoms with Gasteiger partial charge in [-0.3, -0.25) is 0 Å². The monoisotopic (exact) mass is 393 g/mol. The molecule has 0 spiro atoms. The first-order chi connectivity index (χ1) is 0. The molecule has 0 fully saturated rings. The summed E-state index contributed by atoms with van der Waals surface area (Å²) in [6.07, 6.45) is 0. The molecule has 9 radical (unpaired) electrons. The third-order valence-electron chi connectivity index (χ3n) is 0. The minimum atomic E-state index is 0. The maximum Gasteiger partial charge on any atom is 0 e. The van der Waals surface area contributed by atoms with E-state index in [4.69, 9.17) is 0 Å². The average molecular weight is 393 g/mol. The van der Waals surface area contributed by atoms with Crippen LogP contribution in [0.1, 0.15) is 0 Å². The Bertz CT molecular complexity index is 8.00. The molecular formula is H2AlBiCaIn. The van der Waals surface area contributed by atoms with Crippen LogP contribution in [0.15, 0.2) is 0 Å². The van der Waals surface area contributed by atoms with Gasteiger partial charge < -0.3 is 0 Å². The zero-order valence-corrected chi connectivity index (χ0v) is 9.53. The van der Waals surface area contributed by atoms with Crippen molar-refractivity contribution in [3.63, 3.8) is 0 Å². The molecular weight excluding hydrogens is 391 g/mol. The Hall–Kier alpha value is 3.55. The van der Waals surface area contributed by atoms with Crippen LogP contribution in [0.2, 0.25) is 0 Å². The van der Waals surface area contributed by atoms with Crippen LogP contribution in [0, 0.1) is 0 Å². The predicted octanol–water partition coefficient (Wildman–Crippen LogP) is -2.06. The van der Waals surface area contributed by atoms with Crippen LogP contribution in [-0.4, -0.2) is 107 Å². The molecule has 0 amide bonds. The Labute approximate surface area is 105 Å². The minimum Gasteiger partial charge on any atom is 0 e. The van der Waals surface area contributed by atoms with E-state index in [1.807, 2.05) is 0 Å². The van der Waals surface area contributed by atoms with Gasteiger partial charge in [-0.25, -0.2) is 0 Å². The second-order valence-corrected chi connectivity index (χ2v) is 0. The van der Waals surface area contributed by atoms with Crippen molar-refractivity contribution in [3.8, 4) is 0 Å². The van der Waals surface area contributed by atoms with Crippen LogP contribution in [0.5, 0.6) is 0 Å². The fraction of sp³-hybridized carbons (Fsp3) is 0. The second-order valence-electron chi connectivity index (χ2n) is 0. The molecule has 4 heavy (non-hydrogen) atoms. The minimum absolute atomic E-state index is 0. The molecule has 0 unspecified atom stereocenters. The molecule has 0 aliphatic carbocycles. The van der Waals surface area contributed by atoms with Gasteiger partial charge in [-0.05, 0) is 0 Å². The van der Waals surface area contributed by atoms with Crippen LogP contribution < -0.4 is 0 Å². The van der Waals surface area contributed by atoms with Gasteiger partial charge in [0.25, 0.3) is 0 Å². The summed E-state index contributed by atoms with van der Waals surface area (Å²) in [5.74, 6) is 0. The Morgan fingerprint density at radius 3 is 1.00 bits per heavy atom. The van der Waals surface area contributed by atoms with Gasteiger partial charge in [0.05, 0.1) is 0 Å². The summed E-state index contributed by atoms with van der Waals surface area (Å²) in [6, 6.07) is 0. The summed E-state index contributed by atoms with van der Waals surface area (Å²) >= 11 is 0. The van der Waals surface area contributed by atoms with E-state index >= 15 is 0 Å². The standard InChI is InChI=1S/Al.Bi.Ca.In.2H. The van der Waals surface area contributed by atoms with Crippen LogP contribution in [-0.2, 0) is 0 Å². The van der Waals surface area contributed by atoms with E-state index in [1.165, 1.54) is 0 Å². The Morgan fingerprint density at radius 1 is 1.00 bits per heavy atom. The van der Waals surface area contributed by atoms with Crippen molar-refractivity contribution in [1.82, 2.24) is 0 Å². The normalized spacial score (nSPS) is 0. The summed E-state index contributed by atoms with van der Waals surface area (Å²) in [5, 5.41) is 0. The van der Waals surface area contributed by atoms with Gasteiger partial charge in [0, 0.05) is 69.4 Å². The van der Waals surface area contributed by atoms with Crippen molar-refractivity contribution in [3.05, 3.63) is 0 Å². The number of hydrogen-bond acceptors (Lipinski definition) is 0. The van der Waals surface area contributed by atoms with E-state index in [9.17, 15) is 0 Å². The van der Waals surface area contributed by atoms with Crippen molar-refractivity contribution >= 4 is 107 Å². The fourth-order valence-corrected chi connectivity index (χ4v) is 0. The van der Waals surface area contributed by atoms with Crippen molar-refractivity contribution in [2.75, 3.05) is 0 Å². The molecule has 0 aromatic carbocycles. The quantitative estimate of drug-likeness (QED) is 0.416. The molecule has 4 heteroatoms. The molecule has 0 bridgehead atoms. The van der Waals surface area contributed by atoms with Crippen molar-refractivity contribution < 1.29 is 0 Å². The molecule has 0 N–H and O–H groups in total. The Kier molecular flexibility index (Phi) is 103. The molecule has 0 saturated heterocycles. The molecule has 0 nitrogen and oxygen atoms in total. The summed E-state index contributed by atoms with van der Waals surface area (Å²) in [4.78, 5) is 0. The molecule has 0 heterocycles. The van der Waals surface area contributed by atoms with E-state index in [2.05, 4.69) is 0 Å². The third kappa shape index (κ3) is 9.11. The van der Waals surface area contributed by atoms with E-state index in [1.54, 1.807) is 0 Å². The zero-order chi connectivity index (χ0) is 0. The first-order valence-corrected chi connectivity index (χ1v) is 0. The van der Waals surface area contributed by atoms with Crippen molar-refractivity contribution in [2.24, 2.45) is 0 Å². The largest absolute Gasteiger partial charge is 0 e. The number of hydrogen-bond donors (Lipinski definition) is 0. The molecule has 0 rings (SSSR count). The number of rotatable bonds is 0. The SMILES string of the molecule is [Al].[Bi].[CaH2].[In]. The smallest absolute Gasteiger partial charge is 0 e. The summed E-state index contributed by atoms with van der Waals surface area (Å²) in [7, 11) is 0. The van der Waals surface area contributed by atoms with Gasteiger partial charge in [0.15, 0.2) is 0 Å². The van der Waals surface area contributed by atoms with Gasteiger partial charge in [-0.2, -0.15) is 0 Å². The maximum absolute atomic E-state index is 0. The van der Waals surface area contributed by atoms with Gasteiger partial charge in [-0.15, -0.1) is 0 Å². The van der Waals surface area contributed by atoms with E-state index in [0.29, 0.717) is 0 Å². The van der Waals surface area contributed by atoms with Gasteiger partial charge in [-0.1, -0.05) is 0 Å². The zero-order valence-electron chi connectivity index (χ0n) is 1.60. The van der Waals surface area contributed by atoms with E-state index < -0.39 is 0 Å². The topological polar surface area (TPSA) is 0 Å². The van der Waals surface area contributed by atoms with E-state index in [0.717, 1.165) is 0 Å². The average Bonchev–Trinajstić information content (AvgIpc) is 0. The van der Waals surface area contributed by atoms with Gasteiger partial charge >= 0.3 is 37.7 Å². The molecule has 0 atom stereocenters. The van der Waals surface area contributed by atoms with Crippen LogP contribution in [0.4, 0.5) is 0 Å². The van der Waals surface area contributed by atoms with Gasteiger partial charge in [0.2, 0.25) is 0 Å². The molecule has 15 valence electrons. The van der Waals surface area contributed by atoms with Gasteiger partial charge in [0.1, 0.15) is 0 Å². The first kappa shape index (κ1) is 25.7. The van der Waals surface area contributed by atoms with Crippen LogP contribution >= 0.6 is 0 Å². The van der Waals surface area contributed by atoms with Crippen molar-refractivity contribution in [2.45, 2.75) is 0 Å². The predicted molar refractivity (Wildman–Crippen MR) is 25.8 cm³/mol. The third-order valence-corrected chi connectivity index (χ3v) is 0. The van der Waals surface area contributed by atoms with Crippen LogP contribution in [0.3, 0.4) is 0 Å². The molecule has 0 aromatic heterocycles. The molecule has 0 aliphatic rings. The first-order valence-electron chi connectivity index (χ1n) is 0. The Balaban J connectivity index is 0. The molecule has 0 aromatic rings. The maximum atomic E-state index is 0. The fourth-order valence-electron chi connectivity index (χ4n) is 0. The summed E-state index contributed by atoms with van der Waals surface area (Å²) in [6.45, 7) is 0. The van der Waals surface area contributed by atoms with Crippen molar-refractivity contribution in [1.29, 1.82) is 0 Å². The summed E-state index contributed by atoms with van der Waals surface area (Å²) < 4.78 is 0. The van der Waals surface area contributed by atoms with E-state index in [-0.39, 0.29) is 107 Å². The Morgan fingerprint density at radius 2 is 1.00 bits per heavy atom. The molecule has 0 saturated carbocycles. The van der Waals surface area contributed by atoms with Crippen LogP contribution in [0.25, 0.3) is 0 Å².